The summed E-state index contributed by atoms with van der Waals surface area (Å²) in [5.41, 5.74) is 0.409. The van der Waals surface area contributed by atoms with E-state index in [-0.39, 0.29) is 17.9 Å². The van der Waals surface area contributed by atoms with Gasteiger partial charge in [0.2, 0.25) is 15.9 Å². The Morgan fingerprint density at radius 2 is 1.64 bits per heavy atom. The van der Waals surface area contributed by atoms with Crippen molar-refractivity contribution in [3.63, 3.8) is 0 Å². The maximum Gasteiger partial charge on any atom is 0.243 e. The lowest BCUT2D eigenvalue weighted by Gasteiger charge is -2.29. The summed E-state index contributed by atoms with van der Waals surface area (Å²) in [7, 11) is -3.60. The number of benzene rings is 1. The van der Waals surface area contributed by atoms with Crippen LogP contribution in [0.3, 0.4) is 0 Å². The molecule has 0 aliphatic heterocycles. The number of hydrogen-bond donors (Lipinski definition) is 1. The van der Waals surface area contributed by atoms with Crippen LogP contribution >= 0.6 is 11.6 Å². The zero-order valence-electron chi connectivity index (χ0n) is 13.5. The molecule has 1 amide bonds. The van der Waals surface area contributed by atoms with Gasteiger partial charge in [-0.1, -0.05) is 25.4 Å². The Bertz CT molecular complexity index is 614. The fourth-order valence-corrected chi connectivity index (χ4v) is 3.21. The largest absolute Gasteiger partial charge is 0.352 e. The number of rotatable bonds is 6. The molecule has 0 saturated heterocycles. The first-order chi connectivity index (χ1) is 10.0. The smallest absolute Gasteiger partial charge is 0.243 e. The number of halogens is 1. The van der Waals surface area contributed by atoms with Crippen LogP contribution in [0.4, 0.5) is 5.69 Å². The van der Waals surface area contributed by atoms with Gasteiger partial charge < -0.3 is 5.32 Å². The highest BCUT2D eigenvalue weighted by Crippen LogP contribution is 2.23. The van der Waals surface area contributed by atoms with Crippen molar-refractivity contribution in [2.24, 2.45) is 5.92 Å². The first-order valence-corrected chi connectivity index (χ1v) is 9.32. The van der Waals surface area contributed by atoms with E-state index in [1.165, 1.54) is 0 Å². The van der Waals surface area contributed by atoms with Crippen LogP contribution in [0.1, 0.15) is 27.7 Å². The van der Waals surface area contributed by atoms with Gasteiger partial charge in [0, 0.05) is 11.1 Å². The minimum Gasteiger partial charge on any atom is -0.352 e. The number of carbonyl (C=O) groups excluding carboxylic acids is 1. The number of carbonyl (C=O) groups is 1. The van der Waals surface area contributed by atoms with Gasteiger partial charge in [0.1, 0.15) is 6.04 Å². The summed E-state index contributed by atoms with van der Waals surface area (Å²) in [6.45, 7) is 7.44. The van der Waals surface area contributed by atoms with E-state index in [2.05, 4.69) is 5.32 Å². The van der Waals surface area contributed by atoms with E-state index in [1.807, 2.05) is 20.8 Å². The predicted octanol–water partition coefficient (Wildman–Crippen LogP) is 2.66. The number of hydrogen-bond acceptors (Lipinski definition) is 3. The molecule has 0 saturated carbocycles. The van der Waals surface area contributed by atoms with E-state index >= 15 is 0 Å². The van der Waals surface area contributed by atoms with E-state index < -0.39 is 16.1 Å². The summed E-state index contributed by atoms with van der Waals surface area (Å²) < 4.78 is 25.3. The van der Waals surface area contributed by atoms with Gasteiger partial charge >= 0.3 is 0 Å². The molecule has 1 rings (SSSR count). The molecule has 0 aliphatic carbocycles. The standard InChI is InChI=1S/C15H23ClN2O3S/c1-10(2)11(3)17-15(19)12(4)18(22(5,20)21)14-8-6-13(16)7-9-14/h6-12H,1-5H3,(H,17,19)/t11-,12-/m1/s1. The molecule has 0 fully saturated rings. The van der Waals surface area contributed by atoms with E-state index in [4.69, 9.17) is 11.6 Å². The lowest BCUT2D eigenvalue weighted by Crippen LogP contribution is -2.50. The lowest BCUT2D eigenvalue weighted by atomic mass is 10.1. The Labute approximate surface area is 137 Å². The molecule has 0 bridgehead atoms. The van der Waals surface area contributed by atoms with E-state index in [0.29, 0.717) is 10.7 Å². The average molecular weight is 347 g/mol. The highest BCUT2D eigenvalue weighted by molar-refractivity contribution is 7.92. The third-order valence-electron chi connectivity index (χ3n) is 3.54. The fraction of sp³-hybridized carbons (Fsp3) is 0.533. The molecule has 22 heavy (non-hydrogen) atoms. The number of nitrogens with one attached hydrogen (secondary N) is 1. The second-order valence-electron chi connectivity index (χ2n) is 5.75. The molecule has 0 aliphatic rings. The number of anilines is 1. The quantitative estimate of drug-likeness (QED) is 0.861. The molecule has 0 radical (unpaired) electrons. The first kappa shape index (κ1) is 18.8. The fourth-order valence-electron chi connectivity index (χ4n) is 1.91. The van der Waals surface area contributed by atoms with Crippen molar-refractivity contribution in [3.05, 3.63) is 29.3 Å². The van der Waals surface area contributed by atoms with Crippen LogP contribution in [0.25, 0.3) is 0 Å². The van der Waals surface area contributed by atoms with Crippen molar-refractivity contribution in [2.75, 3.05) is 10.6 Å². The molecule has 0 spiro atoms. The Morgan fingerprint density at radius 3 is 2.05 bits per heavy atom. The molecule has 1 aromatic carbocycles. The van der Waals surface area contributed by atoms with Crippen molar-refractivity contribution in [1.29, 1.82) is 0 Å². The molecule has 7 heteroatoms. The molecule has 0 aromatic heterocycles. The summed E-state index contributed by atoms with van der Waals surface area (Å²) in [4.78, 5) is 12.3. The second-order valence-corrected chi connectivity index (χ2v) is 8.05. The van der Waals surface area contributed by atoms with Gasteiger partial charge in [-0.3, -0.25) is 9.10 Å². The van der Waals surface area contributed by atoms with Gasteiger partial charge in [0.15, 0.2) is 0 Å². The van der Waals surface area contributed by atoms with Crippen LogP contribution in [-0.2, 0) is 14.8 Å². The molecule has 1 N–H and O–H groups in total. The zero-order valence-corrected chi connectivity index (χ0v) is 15.1. The summed E-state index contributed by atoms with van der Waals surface area (Å²) in [5, 5.41) is 3.34. The molecule has 5 nitrogen and oxygen atoms in total. The maximum atomic E-state index is 12.3. The second kappa shape index (κ2) is 7.33. The topological polar surface area (TPSA) is 66.5 Å². The van der Waals surface area contributed by atoms with Crippen LogP contribution < -0.4 is 9.62 Å². The SMILES string of the molecule is CC(C)[C@@H](C)NC(=O)[C@@H](C)N(c1ccc(Cl)cc1)S(C)(=O)=O. The Kier molecular flexibility index (Phi) is 6.26. The summed E-state index contributed by atoms with van der Waals surface area (Å²) in [6.07, 6.45) is 1.08. The van der Waals surface area contributed by atoms with Gasteiger partial charge in [-0.05, 0) is 44.0 Å². The van der Waals surface area contributed by atoms with Gasteiger partial charge in [-0.2, -0.15) is 0 Å². The molecule has 1 aromatic rings. The molecular formula is C15H23ClN2O3S. The lowest BCUT2D eigenvalue weighted by molar-refractivity contribution is -0.122. The maximum absolute atomic E-state index is 12.3. The zero-order chi connectivity index (χ0) is 17.1. The highest BCUT2D eigenvalue weighted by atomic mass is 35.5. The molecule has 0 heterocycles. The van der Waals surface area contributed by atoms with Crippen molar-refractivity contribution in [1.82, 2.24) is 5.32 Å². The average Bonchev–Trinajstić information content (AvgIpc) is 2.39. The minimum absolute atomic E-state index is 0.0402. The monoisotopic (exact) mass is 346 g/mol. The number of nitrogens with zero attached hydrogens (tertiary/aromatic N) is 1. The van der Waals surface area contributed by atoms with Crippen LogP contribution in [-0.4, -0.2) is 32.7 Å². The van der Waals surface area contributed by atoms with Gasteiger partial charge in [0.05, 0.1) is 11.9 Å². The summed E-state index contributed by atoms with van der Waals surface area (Å²) in [5.74, 6) is -0.0695. The van der Waals surface area contributed by atoms with Gasteiger partial charge in [-0.15, -0.1) is 0 Å². The Morgan fingerprint density at radius 1 is 1.14 bits per heavy atom. The Hall–Kier alpha value is -1.27. The van der Waals surface area contributed by atoms with E-state index in [0.717, 1.165) is 10.6 Å². The number of amides is 1. The minimum atomic E-state index is -3.60. The van der Waals surface area contributed by atoms with Crippen LogP contribution in [0.2, 0.25) is 5.02 Å². The van der Waals surface area contributed by atoms with Gasteiger partial charge in [0.25, 0.3) is 0 Å². The van der Waals surface area contributed by atoms with Crippen molar-refractivity contribution >= 4 is 33.2 Å². The van der Waals surface area contributed by atoms with Crippen molar-refractivity contribution in [2.45, 2.75) is 39.8 Å². The van der Waals surface area contributed by atoms with Crippen LogP contribution in [0.15, 0.2) is 24.3 Å². The molecule has 0 unspecified atom stereocenters. The van der Waals surface area contributed by atoms with E-state index in [1.54, 1.807) is 31.2 Å². The van der Waals surface area contributed by atoms with Gasteiger partial charge in [-0.25, -0.2) is 8.42 Å². The van der Waals surface area contributed by atoms with Crippen LogP contribution in [0.5, 0.6) is 0 Å². The van der Waals surface area contributed by atoms with E-state index in [9.17, 15) is 13.2 Å². The Balaban J connectivity index is 3.08. The van der Waals surface area contributed by atoms with Crippen LogP contribution in [0, 0.1) is 5.92 Å². The third kappa shape index (κ3) is 4.88. The summed E-state index contributed by atoms with van der Waals surface area (Å²) in [6, 6.07) is 5.46. The van der Waals surface area contributed by atoms with Crippen molar-refractivity contribution < 1.29 is 13.2 Å². The highest BCUT2D eigenvalue weighted by Gasteiger charge is 2.29. The molecular weight excluding hydrogens is 324 g/mol. The first-order valence-electron chi connectivity index (χ1n) is 7.09. The molecule has 2 atom stereocenters. The predicted molar refractivity (Wildman–Crippen MR) is 90.7 cm³/mol. The summed E-state index contributed by atoms with van der Waals surface area (Å²) >= 11 is 5.83. The molecule has 124 valence electrons. The number of sulfonamides is 1. The van der Waals surface area contributed by atoms with Crippen molar-refractivity contribution in [3.8, 4) is 0 Å². The normalized spacial score (nSPS) is 14.5. The third-order valence-corrected chi connectivity index (χ3v) is 5.03.